The van der Waals surface area contributed by atoms with Gasteiger partial charge in [-0.05, 0) is 100 Å². The fourth-order valence-electron chi connectivity index (χ4n) is 9.14. The number of aromatic nitrogens is 2. The topological polar surface area (TPSA) is 170 Å². The molecule has 0 radical (unpaired) electrons. The largest absolute Gasteiger partial charge is 0.453 e. The summed E-state index contributed by atoms with van der Waals surface area (Å²) in [6.07, 6.45) is 3.93. The van der Waals surface area contributed by atoms with Crippen LogP contribution in [0.5, 0.6) is 0 Å². The fourth-order valence-corrected chi connectivity index (χ4v) is 9.14. The lowest BCUT2D eigenvalue weighted by atomic mass is 9.96. The van der Waals surface area contributed by atoms with Crippen LogP contribution >= 0.6 is 0 Å². The van der Waals surface area contributed by atoms with Crippen LogP contribution in [0.25, 0.3) is 43.9 Å². The Morgan fingerprint density at radius 2 is 1.18 bits per heavy atom. The average Bonchev–Trinajstić information content (AvgIpc) is 4.13. The third-order valence-corrected chi connectivity index (χ3v) is 12.6. The third-order valence-electron chi connectivity index (χ3n) is 12.6. The van der Waals surface area contributed by atoms with Gasteiger partial charge in [0.2, 0.25) is 11.8 Å². The minimum atomic E-state index is -0.686. The van der Waals surface area contributed by atoms with E-state index in [4.69, 9.17) is 19.5 Å². The number of rotatable bonds is 11. The number of carbonyl (C=O) groups excluding carboxylic acids is 4. The van der Waals surface area contributed by atoms with Crippen molar-refractivity contribution in [1.82, 2.24) is 35.7 Å². The van der Waals surface area contributed by atoms with Crippen molar-refractivity contribution in [3.63, 3.8) is 0 Å². The molecule has 0 bridgehead atoms. The highest BCUT2D eigenvalue weighted by molar-refractivity contribution is 5.96. The Labute approximate surface area is 361 Å². The minimum absolute atomic E-state index is 0.000344. The van der Waals surface area contributed by atoms with E-state index in [1.807, 2.05) is 43.7 Å². The number of hydrogen-bond donors (Lipinski definition) is 4. The van der Waals surface area contributed by atoms with Gasteiger partial charge in [0.25, 0.3) is 0 Å². The SMILES string of the molecule is COC(=O)N[C@H](C(=O)N1CCC[C@H]1C1=NCC(c2ccc3cc(-c4ccc5cc(-c6cnc([C@@H]7CCCN7C(=O)[C@@H](NC(=O)OC)C(C)C)[nH]6)ccc5c4)ccc3c2)N1)C(C)C. The number of alkyl carbamates (subject to hydrolysis) is 2. The summed E-state index contributed by atoms with van der Waals surface area (Å²) in [4.78, 5) is 68.0. The van der Waals surface area contributed by atoms with Gasteiger partial charge < -0.3 is 40.2 Å². The first-order valence-electron chi connectivity index (χ1n) is 21.7. The van der Waals surface area contributed by atoms with Crippen LogP contribution in [0, 0.1) is 11.8 Å². The molecule has 1 aromatic heterocycles. The number of fused-ring (bicyclic) bond motifs is 2. The molecule has 5 aromatic rings. The van der Waals surface area contributed by atoms with E-state index in [1.54, 1.807) is 0 Å². The lowest BCUT2D eigenvalue weighted by Gasteiger charge is -2.31. The van der Waals surface area contributed by atoms with E-state index in [0.717, 1.165) is 86.8 Å². The van der Waals surface area contributed by atoms with Crippen molar-refractivity contribution in [2.24, 2.45) is 16.8 Å². The Morgan fingerprint density at radius 3 is 1.74 bits per heavy atom. The number of methoxy groups -OCH3 is 2. The summed E-state index contributed by atoms with van der Waals surface area (Å²) in [5.41, 5.74) is 5.27. The number of aliphatic imine (C=N–C) groups is 1. The quantitative estimate of drug-likeness (QED) is 0.106. The van der Waals surface area contributed by atoms with Gasteiger partial charge in [0, 0.05) is 18.7 Å². The molecule has 0 aliphatic carbocycles. The molecule has 2 saturated heterocycles. The summed E-state index contributed by atoms with van der Waals surface area (Å²) in [5, 5.41) is 13.6. The molecule has 3 aliphatic heterocycles. The zero-order chi connectivity index (χ0) is 43.7. The summed E-state index contributed by atoms with van der Waals surface area (Å²) in [5.74, 6) is 1.12. The van der Waals surface area contributed by atoms with Gasteiger partial charge in [-0.3, -0.25) is 14.6 Å². The third kappa shape index (κ3) is 8.55. The molecule has 2 fully saturated rings. The number of hydrogen-bond acceptors (Lipinski definition) is 9. The fraction of sp³-hybridized carbons (Fsp3) is 0.417. The van der Waals surface area contributed by atoms with Crippen LogP contribution in [0.1, 0.15) is 76.8 Å². The second-order valence-electron chi connectivity index (χ2n) is 17.3. The monoisotopic (exact) mass is 840 g/mol. The second kappa shape index (κ2) is 17.9. The minimum Gasteiger partial charge on any atom is -0.453 e. The summed E-state index contributed by atoms with van der Waals surface area (Å²) < 4.78 is 9.56. The van der Waals surface area contributed by atoms with Gasteiger partial charge in [-0.1, -0.05) is 76.2 Å². The molecule has 4 N–H and O–H groups in total. The van der Waals surface area contributed by atoms with E-state index in [2.05, 4.69) is 93.7 Å². The number of nitrogens with zero attached hydrogens (tertiary/aromatic N) is 4. The average molecular weight is 841 g/mol. The van der Waals surface area contributed by atoms with Crippen molar-refractivity contribution in [3.8, 4) is 22.4 Å². The molecule has 14 nitrogen and oxygen atoms in total. The summed E-state index contributed by atoms with van der Waals surface area (Å²) in [7, 11) is 2.60. The summed E-state index contributed by atoms with van der Waals surface area (Å²) >= 11 is 0. The molecule has 62 heavy (non-hydrogen) atoms. The lowest BCUT2D eigenvalue weighted by molar-refractivity contribution is -0.135. The predicted molar refractivity (Wildman–Crippen MR) is 239 cm³/mol. The van der Waals surface area contributed by atoms with Crippen LogP contribution in [-0.4, -0.2) is 102 Å². The van der Waals surface area contributed by atoms with Crippen LogP contribution in [0.3, 0.4) is 0 Å². The molecule has 8 rings (SSSR count). The Kier molecular flexibility index (Phi) is 12.2. The normalized spacial score (nSPS) is 19.7. The lowest BCUT2D eigenvalue weighted by Crippen LogP contribution is -2.54. The Hall–Kier alpha value is -6.44. The van der Waals surface area contributed by atoms with Gasteiger partial charge in [-0.2, -0.15) is 0 Å². The predicted octanol–water partition coefficient (Wildman–Crippen LogP) is 7.51. The molecule has 0 saturated carbocycles. The van der Waals surface area contributed by atoms with Gasteiger partial charge >= 0.3 is 12.2 Å². The number of nitrogens with one attached hydrogen (secondary N) is 4. The van der Waals surface area contributed by atoms with Crippen molar-refractivity contribution < 1.29 is 28.7 Å². The number of amides is 4. The number of aromatic amines is 1. The molecule has 1 unspecified atom stereocenters. The molecule has 4 amide bonds. The standard InChI is InChI=1S/C48H56N8O6/c1-27(2)41(53-47(59)61-5)45(57)55-19-7-9-39(55)43-49-25-37(51-43)35-17-15-31-21-29(11-13-33(31)23-35)30-12-14-34-24-36(18-16-32(34)22-30)38-26-50-44(52-38)40-10-8-20-56(40)46(58)42(28(3)4)54-48(60)62-6/h11-18,21-25,27-28,38-42H,7-10,19-20,26H2,1-6H3,(H,49,51)(H,50,52)(H,53,59)(H,54,60)/t38?,39-,40-,41-,42-/m0/s1. The number of likely N-dealkylation sites (tertiary alicyclic amines) is 2. The number of ether oxygens (including phenoxy) is 2. The van der Waals surface area contributed by atoms with E-state index < -0.39 is 24.3 Å². The maximum absolute atomic E-state index is 13.6. The van der Waals surface area contributed by atoms with Gasteiger partial charge in [0.05, 0.1) is 50.8 Å². The van der Waals surface area contributed by atoms with Crippen LogP contribution in [0.2, 0.25) is 0 Å². The molecule has 14 heteroatoms. The number of carbonyl (C=O) groups is 4. The second-order valence-corrected chi connectivity index (χ2v) is 17.3. The highest BCUT2D eigenvalue weighted by Gasteiger charge is 2.40. The highest BCUT2D eigenvalue weighted by atomic mass is 16.5. The molecule has 4 heterocycles. The molecular weight excluding hydrogens is 785 g/mol. The van der Waals surface area contributed by atoms with Crippen LogP contribution in [0.4, 0.5) is 9.59 Å². The Bertz CT molecular complexity index is 2530. The van der Waals surface area contributed by atoms with Gasteiger partial charge in [-0.15, -0.1) is 0 Å². The zero-order valence-corrected chi connectivity index (χ0v) is 36.2. The number of benzene rings is 4. The smallest absolute Gasteiger partial charge is 0.407 e. The molecular formula is C48H56N8O6. The molecule has 324 valence electrons. The maximum atomic E-state index is 13.6. The van der Waals surface area contributed by atoms with Crippen LogP contribution in [-0.2, 0) is 19.1 Å². The van der Waals surface area contributed by atoms with E-state index in [9.17, 15) is 19.2 Å². The van der Waals surface area contributed by atoms with Crippen molar-refractivity contribution in [1.29, 1.82) is 0 Å². The van der Waals surface area contributed by atoms with Gasteiger partial charge in [-0.25, -0.2) is 14.6 Å². The Morgan fingerprint density at radius 1 is 0.677 bits per heavy atom. The van der Waals surface area contributed by atoms with E-state index >= 15 is 0 Å². The van der Waals surface area contributed by atoms with Crippen molar-refractivity contribution in [2.45, 2.75) is 83.6 Å². The summed E-state index contributed by atoms with van der Waals surface area (Å²) in [6, 6.07) is 24.3. The first kappa shape index (κ1) is 42.3. The van der Waals surface area contributed by atoms with Crippen LogP contribution < -0.4 is 16.0 Å². The maximum Gasteiger partial charge on any atom is 0.407 e. The van der Waals surface area contributed by atoms with Gasteiger partial charge in [0.1, 0.15) is 23.7 Å². The van der Waals surface area contributed by atoms with Crippen LogP contribution in [0.15, 0.2) is 84.0 Å². The van der Waals surface area contributed by atoms with Gasteiger partial charge in [0.15, 0.2) is 0 Å². The molecule has 4 aromatic carbocycles. The number of imidazole rings is 1. The number of H-pyrrole nitrogens is 1. The highest BCUT2D eigenvalue weighted by Crippen LogP contribution is 2.35. The van der Waals surface area contributed by atoms with Crippen molar-refractivity contribution in [2.75, 3.05) is 33.9 Å². The van der Waals surface area contributed by atoms with E-state index in [1.165, 1.54) is 14.2 Å². The van der Waals surface area contributed by atoms with E-state index in [0.29, 0.717) is 19.6 Å². The van der Waals surface area contributed by atoms with Crippen molar-refractivity contribution >= 4 is 51.4 Å². The first-order chi connectivity index (χ1) is 29.9. The summed E-state index contributed by atoms with van der Waals surface area (Å²) in [6.45, 7) is 9.46. The zero-order valence-electron chi connectivity index (χ0n) is 36.2. The Balaban J connectivity index is 0.929. The van der Waals surface area contributed by atoms with E-state index in [-0.39, 0.29) is 41.8 Å². The van der Waals surface area contributed by atoms with Crippen molar-refractivity contribution in [3.05, 3.63) is 90.4 Å². The number of amidine groups is 1. The molecule has 0 spiro atoms. The first-order valence-corrected chi connectivity index (χ1v) is 21.7. The molecule has 5 atom stereocenters. The molecule has 3 aliphatic rings.